The summed E-state index contributed by atoms with van der Waals surface area (Å²) < 4.78 is 24.6. The smallest absolute Gasteiger partial charge is 0.324 e. The van der Waals surface area contributed by atoms with Crippen LogP contribution in [0.25, 0.3) is 0 Å². The lowest BCUT2D eigenvalue weighted by Gasteiger charge is -2.37. The Bertz CT molecular complexity index is 2130. The first-order valence-electron chi connectivity index (χ1n) is 20.9. The SMILES string of the molecule is CCN1CCN(C(=O)N(Cc2ccc(C(=O)CN)cc2)c2ccc(Cl)cc2)CC1.CCN1CCN(C(=O)N(Cc2ccc(C(=O)CNC(=O)C(F)F)cc2)c2ccc(Cl)cc2)CC1. The summed E-state index contributed by atoms with van der Waals surface area (Å²) in [5, 5.41) is 3.09. The monoisotopic (exact) mass is 906 g/mol. The number of piperazine rings is 2. The highest BCUT2D eigenvalue weighted by molar-refractivity contribution is 6.31. The van der Waals surface area contributed by atoms with Crippen molar-refractivity contribution < 1.29 is 32.8 Å². The molecule has 13 nitrogen and oxygen atoms in total. The van der Waals surface area contributed by atoms with E-state index in [0.29, 0.717) is 54.0 Å². The molecule has 17 heteroatoms. The van der Waals surface area contributed by atoms with Crippen molar-refractivity contribution in [1.82, 2.24) is 24.9 Å². The molecule has 4 aromatic carbocycles. The van der Waals surface area contributed by atoms with Crippen LogP contribution in [0, 0.1) is 0 Å². The number of Topliss-reactive ketones (excluding diaryl/α,β-unsaturated/α-hetero) is 2. The number of rotatable bonds is 14. The number of hydrogen-bond donors (Lipinski definition) is 2. The van der Waals surface area contributed by atoms with Gasteiger partial charge in [-0.2, -0.15) is 8.78 Å². The van der Waals surface area contributed by atoms with E-state index in [0.717, 1.165) is 56.1 Å². The van der Waals surface area contributed by atoms with Gasteiger partial charge in [-0.1, -0.05) is 85.6 Å². The number of amides is 5. The number of anilines is 2. The van der Waals surface area contributed by atoms with Crippen molar-refractivity contribution in [3.63, 3.8) is 0 Å². The first-order chi connectivity index (χ1) is 30.3. The molecule has 2 heterocycles. The number of nitrogens with one attached hydrogen (secondary N) is 1. The maximum atomic E-state index is 13.4. The van der Waals surface area contributed by atoms with Gasteiger partial charge in [0.2, 0.25) is 0 Å². The molecule has 0 unspecified atom stereocenters. The Balaban J connectivity index is 0.000000240. The van der Waals surface area contributed by atoms with Crippen molar-refractivity contribution in [2.45, 2.75) is 33.4 Å². The van der Waals surface area contributed by atoms with Gasteiger partial charge in [0.15, 0.2) is 11.6 Å². The zero-order valence-corrected chi connectivity index (χ0v) is 37.0. The van der Waals surface area contributed by atoms with Gasteiger partial charge in [-0.15, -0.1) is 0 Å². The highest BCUT2D eigenvalue weighted by Gasteiger charge is 2.28. The van der Waals surface area contributed by atoms with Gasteiger partial charge in [0.1, 0.15) is 0 Å². The number of carbonyl (C=O) groups excluding carboxylic acids is 5. The molecule has 5 amide bonds. The molecule has 6 rings (SSSR count). The molecule has 0 spiro atoms. The summed E-state index contributed by atoms with van der Waals surface area (Å²) >= 11 is 12.1. The summed E-state index contributed by atoms with van der Waals surface area (Å²) in [4.78, 5) is 73.4. The molecule has 2 fully saturated rings. The number of carbonyl (C=O) groups is 5. The Morgan fingerprint density at radius 1 is 0.587 bits per heavy atom. The Kier molecular flexibility index (Phi) is 18.4. The van der Waals surface area contributed by atoms with Gasteiger partial charge in [-0.3, -0.25) is 24.2 Å². The zero-order chi connectivity index (χ0) is 45.5. The largest absolute Gasteiger partial charge is 0.344 e. The summed E-state index contributed by atoms with van der Waals surface area (Å²) in [6.45, 7) is 12.4. The highest BCUT2D eigenvalue weighted by atomic mass is 35.5. The first-order valence-corrected chi connectivity index (χ1v) is 21.6. The fourth-order valence-electron chi connectivity index (χ4n) is 7.05. The second-order valence-corrected chi connectivity index (χ2v) is 15.9. The maximum Gasteiger partial charge on any atom is 0.324 e. The van der Waals surface area contributed by atoms with E-state index < -0.39 is 24.7 Å². The van der Waals surface area contributed by atoms with Crippen LogP contribution < -0.4 is 20.9 Å². The molecule has 0 aliphatic carbocycles. The van der Waals surface area contributed by atoms with E-state index in [9.17, 15) is 32.8 Å². The van der Waals surface area contributed by atoms with Crippen LogP contribution in [0.1, 0.15) is 45.7 Å². The van der Waals surface area contributed by atoms with Crippen molar-refractivity contribution in [2.24, 2.45) is 5.73 Å². The molecular formula is C46H54Cl2F2N8O5. The number of alkyl halides is 2. The Hall–Kier alpha value is -5.45. The van der Waals surface area contributed by atoms with E-state index in [1.165, 1.54) is 0 Å². The third-order valence-electron chi connectivity index (χ3n) is 11.0. The minimum Gasteiger partial charge on any atom is -0.344 e. The van der Waals surface area contributed by atoms with Crippen molar-refractivity contribution in [2.75, 3.05) is 88.3 Å². The van der Waals surface area contributed by atoms with Gasteiger partial charge in [0.05, 0.1) is 26.2 Å². The van der Waals surface area contributed by atoms with Gasteiger partial charge in [-0.05, 0) is 72.7 Å². The summed E-state index contributed by atoms with van der Waals surface area (Å²) in [7, 11) is 0. The zero-order valence-electron chi connectivity index (χ0n) is 35.5. The second kappa shape index (κ2) is 23.8. The molecule has 0 atom stereocenters. The number of nitrogens with zero attached hydrogens (tertiary/aromatic N) is 6. The summed E-state index contributed by atoms with van der Waals surface area (Å²) in [5.74, 6) is -2.07. The topological polar surface area (TPSA) is 143 Å². The predicted molar refractivity (Wildman–Crippen MR) is 243 cm³/mol. The molecule has 336 valence electrons. The molecule has 2 aliphatic heterocycles. The standard InChI is InChI=1S/C24H27ClF2N4O3.C22H27ClN4O2/c1-2-29-11-13-30(14-12-29)24(34)31(20-9-7-19(25)8-10-20)16-17-3-5-18(6-4-17)21(32)15-28-23(33)22(26)27;1-2-25-11-13-26(14-12-25)22(29)27(20-9-7-19(23)8-10-20)16-17-3-5-18(6-4-17)21(28)15-24/h3-10,22H,2,11-16H2,1H3,(H,28,33);3-10H,2,11-16,24H2,1H3. The van der Waals surface area contributed by atoms with Crippen molar-refractivity contribution >= 4 is 64.1 Å². The molecule has 63 heavy (non-hydrogen) atoms. The van der Waals surface area contributed by atoms with Crippen LogP contribution in [0.4, 0.5) is 29.7 Å². The third kappa shape index (κ3) is 14.0. The molecule has 0 radical (unpaired) electrons. The van der Waals surface area contributed by atoms with Crippen LogP contribution in [0.5, 0.6) is 0 Å². The van der Waals surface area contributed by atoms with Crippen molar-refractivity contribution in [1.29, 1.82) is 0 Å². The van der Waals surface area contributed by atoms with Gasteiger partial charge in [0, 0.05) is 84.9 Å². The van der Waals surface area contributed by atoms with E-state index in [1.807, 2.05) is 39.4 Å². The fourth-order valence-corrected chi connectivity index (χ4v) is 7.31. The fraction of sp³-hybridized carbons (Fsp3) is 0.370. The minimum absolute atomic E-state index is 0.0154. The van der Waals surface area contributed by atoms with Gasteiger partial charge >= 0.3 is 18.5 Å². The molecule has 2 saturated heterocycles. The van der Waals surface area contributed by atoms with Crippen LogP contribution in [-0.2, 0) is 17.9 Å². The van der Waals surface area contributed by atoms with Crippen LogP contribution in [-0.4, -0.2) is 134 Å². The molecular weight excluding hydrogens is 853 g/mol. The summed E-state index contributed by atoms with van der Waals surface area (Å²) in [6, 6.07) is 27.9. The highest BCUT2D eigenvalue weighted by Crippen LogP contribution is 2.25. The molecule has 2 aliphatic rings. The first kappa shape index (κ1) is 48.6. The number of benzene rings is 4. The van der Waals surface area contributed by atoms with Gasteiger partial charge < -0.3 is 30.7 Å². The quantitative estimate of drug-likeness (QED) is 0.130. The van der Waals surface area contributed by atoms with Gasteiger partial charge in [-0.25, -0.2) is 9.59 Å². The lowest BCUT2D eigenvalue weighted by Crippen LogP contribution is -2.52. The van der Waals surface area contributed by atoms with E-state index in [-0.39, 0.29) is 36.5 Å². The van der Waals surface area contributed by atoms with Crippen LogP contribution in [0.2, 0.25) is 10.0 Å². The maximum absolute atomic E-state index is 13.4. The average Bonchev–Trinajstić information content (AvgIpc) is 3.32. The van der Waals surface area contributed by atoms with E-state index in [1.54, 1.807) is 82.6 Å². The van der Waals surface area contributed by atoms with Crippen LogP contribution in [0.3, 0.4) is 0 Å². The number of hydrogen-bond acceptors (Lipinski definition) is 8. The van der Waals surface area contributed by atoms with Crippen molar-refractivity contribution in [3.8, 4) is 0 Å². The van der Waals surface area contributed by atoms with Crippen LogP contribution in [0.15, 0.2) is 97.1 Å². The lowest BCUT2D eigenvalue weighted by molar-refractivity contribution is -0.131. The predicted octanol–water partition coefficient (Wildman–Crippen LogP) is 6.91. The number of halogens is 4. The lowest BCUT2D eigenvalue weighted by atomic mass is 10.1. The molecule has 0 aromatic heterocycles. The van der Waals surface area contributed by atoms with E-state index in [4.69, 9.17) is 28.9 Å². The Morgan fingerprint density at radius 2 is 0.952 bits per heavy atom. The van der Waals surface area contributed by atoms with E-state index in [2.05, 4.69) is 23.6 Å². The Labute approximate surface area is 377 Å². The molecule has 4 aromatic rings. The summed E-state index contributed by atoms with van der Waals surface area (Å²) in [5.41, 5.74) is 9.49. The molecule has 3 N–H and O–H groups in total. The Morgan fingerprint density at radius 3 is 1.29 bits per heavy atom. The van der Waals surface area contributed by atoms with Crippen molar-refractivity contribution in [3.05, 3.63) is 129 Å². The summed E-state index contributed by atoms with van der Waals surface area (Å²) in [6.07, 6.45) is -3.17. The number of urea groups is 2. The minimum atomic E-state index is -3.17. The second-order valence-electron chi connectivity index (χ2n) is 15.0. The van der Waals surface area contributed by atoms with Gasteiger partial charge in [0.25, 0.3) is 5.91 Å². The average molecular weight is 908 g/mol. The van der Waals surface area contributed by atoms with Crippen LogP contribution >= 0.6 is 23.2 Å². The number of nitrogens with two attached hydrogens (primary N) is 1. The number of ketones is 2. The molecule has 0 bridgehead atoms. The van der Waals surface area contributed by atoms with E-state index >= 15 is 0 Å². The molecule has 0 saturated carbocycles. The number of likely N-dealkylation sites (N-methyl/N-ethyl adjacent to an activating group) is 2. The third-order valence-corrected chi connectivity index (χ3v) is 11.5. The normalized spacial score (nSPS) is 14.4.